The topological polar surface area (TPSA) is 67.4 Å². The highest BCUT2D eigenvalue weighted by atomic mass is 16.5. The van der Waals surface area contributed by atoms with Crippen molar-refractivity contribution in [1.82, 2.24) is 0 Å². The Balaban J connectivity index is 1.67. The zero-order valence-corrected chi connectivity index (χ0v) is 16.1. The number of hydrogen-bond donors (Lipinski definition) is 2. The van der Waals surface area contributed by atoms with Crippen molar-refractivity contribution in [1.29, 1.82) is 0 Å². The smallest absolute Gasteiger partial charge is 0.314 e. The fourth-order valence-electron chi connectivity index (χ4n) is 3.09. The fraction of sp³-hybridized carbons (Fsp3) is 0.364. The molecule has 5 heteroatoms. The first-order valence-corrected chi connectivity index (χ1v) is 9.28. The molecule has 0 saturated carbocycles. The van der Waals surface area contributed by atoms with Crippen LogP contribution in [0.1, 0.15) is 38.3 Å². The minimum absolute atomic E-state index is 0.0117. The Kier molecular flexibility index (Phi) is 5.49. The highest BCUT2D eigenvalue weighted by Gasteiger charge is 2.20. The normalized spacial score (nSPS) is 13.0. The van der Waals surface area contributed by atoms with Crippen molar-refractivity contribution in [3.8, 4) is 5.75 Å². The molecule has 0 radical (unpaired) electrons. The number of amides is 2. The first-order valence-electron chi connectivity index (χ1n) is 9.28. The second kappa shape index (κ2) is 7.82. The van der Waals surface area contributed by atoms with Crippen LogP contribution in [0.4, 0.5) is 11.4 Å². The molecule has 5 nitrogen and oxygen atoms in total. The number of anilines is 2. The lowest BCUT2D eigenvalue weighted by molar-refractivity contribution is -0.133. The van der Waals surface area contributed by atoms with Crippen LogP contribution in [0.3, 0.4) is 0 Å². The number of para-hydroxylation sites is 2. The monoisotopic (exact) mass is 366 g/mol. The van der Waals surface area contributed by atoms with Crippen molar-refractivity contribution in [2.75, 3.05) is 17.2 Å². The average molecular weight is 366 g/mol. The van der Waals surface area contributed by atoms with Gasteiger partial charge in [-0.15, -0.1) is 0 Å². The lowest BCUT2D eigenvalue weighted by atomic mass is 9.99. The van der Waals surface area contributed by atoms with Gasteiger partial charge in [-0.1, -0.05) is 45.0 Å². The summed E-state index contributed by atoms with van der Waals surface area (Å²) < 4.78 is 5.81. The highest BCUT2D eigenvalue weighted by molar-refractivity contribution is 6.43. The van der Waals surface area contributed by atoms with Crippen molar-refractivity contribution in [3.63, 3.8) is 0 Å². The minimum atomic E-state index is -0.711. The third-order valence-electron chi connectivity index (χ3n) is 4.40. The van der Waals surface area contributed by atoms with Crippen molar-refractivity contribution in [2.45, 2.75) is 40.0 Å². The molecule has 0 unspecified atom stereocenters. The molecular formula is C22H26N2O3. The van der Waals surface area contributed by atoms with E-state index in [0.717, 1.165) is 30.5 Å². The second-order valence-corrected chi connectivity index (χ2v) is 8.05. The Bertz CT molecular complexity index is 853. The van der Waals surface area contributed by atoms with Crippen LogP contribution in [0.2, 0.25) is 0 Å². The lowest BCUT2D eigenvalue weighted by Gasteiger charge is -2.20. The molecule has 0 fully saturated rings. The molecule has 0 aromatic heterocycles. The Hall–Kier alpha value is -2.82. The average Bonchev–Trinajstić information content (AvgIpc) is 3.10. The van der Waals surface area contributed by atoms with Gasteiger partial charge in [0, 0.05) is 5.69 Å². The van der Waals surface area contributed by atoms with E-state index >= 15 is 0 Å². The van der Waals surface area contributed by atoms with Crippen LogP contribution in [0.5, 0.6) is 5.75 Å². The summed E-state index contributed by atoms with van der Waals surface area (Å²) in [6.45, 7) is 6.71. The predicted octanol–water partition coefficient (Wildman–Crippen LogP) is 4.18. The molecule has 1 aliphatic rings. The number of fused-ring (bicyclic) bond motifs is 1. The van der Waals surface area contributed by atoms with Gasteiger partial charge in [-0.3, -0.25) is 9.59 Å². The van der Waals surface area contributed by atoms with Crippen molar-refractivity contribution < 1.29 is 14.3 Å². The van der Waals surface area contributed by atoms with Crippen molar-refractivity contribution in [3.05, 3.63) is 53.6 Å². The van der Waals surface area contributed by atoms with Gasteiger partial charge < -0.3 is 15.4 Å². The van der Waals surface area contributed by atoms with E-state index in [0.29, 0.717) is 18.0 Å². The summed E-state index contributed by atoms with van der Waals surface area (Å²) in [6.07, 6.45) is 3.02. The summed E-state index contributed by atoms with van der Waals surface area (Å²) in [7, 11) is 0. The van der Waals surface area contributed by atoms with Gasteiger partial charge >= 0.3 is 11.8 Å². The van der Waals surface area contributed by atoms with Crippen LogP contribution < -0.4 is 15.4 Å². The zero-order valence-electron chi connectivity index (χ0n) is 16.1. The van der Waals surface area contributed by atoms with Gasteiger partial charge in [0.2, 0.25) is 0 Å². The first-order chi connectivity index (χ1) is 12.8. The molecule has 0 bridgehead atoms. The van der Waals surface area contributed by atoms with E-state index in [4.69, 9.17) is 4.74 Å². The molecule has 0 aliphatic heterocycles. The van der Waals surface area contributed by atoms with E-state index in [-0.39, 0.29) is 5.41 Å². The predicted molar refractivity (Wildman–Crippen MR) is 107 cm³/mol. The second-order valence-electron chi connectivity index (χ2n) is 8.05. The van der Waals surface area contributed by atoms with E-state index < -0.39 is 11.8 Å². The Labute approximate surface area is 160 Å². The third kappa shape index (κ3) is 4.88. The quantitative estimate of drug-likeness (QED) is 0.798. The molecule has 2 aromatic carbocycles. The van der Waals surface area contributed by atoms with Crippen molar-refractivity contribution in [2.24, 2.45) is 5.41 Å². The maximum absolute atomic E-state index is 12.4. The standard InChI is InChI=1S/C22H26N2O3/c1-22(2,3)14-27-19-13-5-4-11-18(19)24-21(26)20(25)23-17-12-7-9-15-8-6-10-16(15)17/h4-5,7,9,11-13H,6,8,10,14H2,1-3H3,(H,23,25)(H,24,26). The maximum Gasteiger partial charge on any atom is 0.314 e. The molecule has 0 heterocycles. The van der Waals surface area contributed by atoms with Crippen LogP contribution in [-0.2, 0) is 22.4 Å². The maximum atomic E-state index is 12.4. The number of nitrogens with one attached hydrogen (secondary N) is 2. The number of carbonyl (C=O) groups is 2. The van der Waals surface area contributed by atoms with Crippen LogP contribution >= 0.6 is 0 Å². The van der Waals surface area contributed by atoms with Gasteiger partial charge in [-0.25, -0.2) is 0 Å². The number of hydrogen-bond acceptors (Lipinski definition) is 3. The molecule has 142 valence electrons. The van der Waals surface area contributed by atoms with Crippen LogP contribution in [0, 0.1) is 5.41 Å². The summed E-state index contributed by atoms with van der Waals surface area (Å²) in [6, 6.07) is 13.0. The van der Waals surface area contributed by atoms with Gasteiger partial charge in [0.25, 0.3) is 0 Å². The molecule has 2 N–H and O–H groups in total. The molecule has 0 spiro atoms. The van der Waals surface area contributed by atoms with E-state index in [1.165, 1.54) is 5.56 Å². The number of benzene rings is 2. The third-order valence-corrected chi connectivity index (χ3v) is 4.40. The zero-order chi connectivity index (χ0) is 19.4. The summed E-state index contributed by atoms with van der Waals surface area (Å²) in [5, 5.41) is 5.40. The number of carbonyl (C=O) groups excluding carboxylic acids is 2. The van der Waals surface area contributed by atoms with Gasteiger partial charge in [0.15, 0.2) is 0 Å². The SMILES string of the molecule is CC(C)(C)COc1ccccc1NC(=O)C(=O)Nc1cccc2c1CCC2. The number of ether oxygens (including phenoxy) is 1. The molecule has 0 saturated heterocycles. The van der Waals surface area contributed by atoms with Gasteiger partial charge in [0.05, 0.1) is 12.3 Å². The minimum Gasteiger partial charge on any atom is -0.491 e. The van der Waals surface area contributed by atoms with Crippen LogP contribution in [0.25, 0.3) is 0 Å². The molecule has 3 rings (SSSR count). The Morgan fingerprint density at radius 2 is 1.59 bits per heavy atom. The van der Waals surface area contributed by atoms with Crippen LogP contribution in [0.15, 0.2) is 42.5 Å². The summed E-state index contributed by atoms with van der Waals surface area (Å²) in [4.78, 5) is 24.8. The molecule has 2 aromatic rings. The molecule has 2 amide bonds. The van der Waals surface area contributed by atoms with E-state index in [1.807, 2.05) is 18.2 Å². The van der Waals surface area contributed by atoms with E-state index in [9.17, 15) is 9.59 Å². The van der Waals surface area contributed by atoms with Crippen LogP contribution in [-0.4, -0.2) is 18.4 Å². The van der Waals surface area contributed by atoms with Gasteiger partial charge in [-0.2, -0.15) is 0 Å². The first kappa shape index (κ1) is 19.0. The van der Waals surface area contributed by atoms with Crippen molar-refractivity contribution >= 4 is 23.2 Å². The lowest BCUT2D eigenvalue weighted by Crippen LogP contribution is -2.29. The number of rotatable bonds is 4. The molecule has 27 heavy (non-hydrogen) atoms. The van der Waals surface area contributed by atoms with E-state index in [2.05, 4.69) is 37.5 Å². The van der Waals surface area contributed by atoms with Gasteiger partial charge in [0.1, 0.15) is 5.75 Å². The molecular weight excluding hydrogens is 340 g/mol. The van der Waals surface area contributed by atoms with E-state index in [1.54, 1.807) is 18.2 Å². The fourth-order valence-corrected chi connectivity index (χ4v) is 3.09. The molecule has 1 aliphatic carbocycles. The summed E-state index contributed by atoms with van der Waals surface area (Å²) in [5.74, 6) is -0.840. The Morgan fingerprint density at radius 1 is 0.926 bits per heavy atom. The summed E-state index contributed by atoms with van der Waals surface area (Å²) in [5.41, 5.74) is 3.58. The molecule has 0 atom stereocenters. The summed E-state index contributed by atoms with van der Waals surface area (Å²) >= 11 is 0. The highest BCUT2D eigenvalue weighted by Crippen LogP contribution is 2.29. The largest absolute Gasteiger partial charge is 0.491 e. The Morgan fingerprint density at radius 3 is 2.33 bits per heavy atom. The van der Waals surface area contributed by atoms with Gasteiger partial charge in [-0.05, 0) is 54.0 Å². The number of aryl methyl sites for hydroxylation is 1.